The van der Waals surface area contributed by atoms with Crippen LogP contribution in [0.1, 0.15) is 129 Å². The molecule has 0 aliphatic carbocycles. The lowest BCUT2D eigenvalue weighted by atomic mass is 9.91. The van der Waals surface area contributed by atoms with Crippen LogP contribution in [0.5, 0.6) is 0 Å². The molecule has 0 saturated carbocycles. The fraction of sp³-hybridized carbons (Fsp3) is 0.800. The second-order valence-corrected chi connectivity index (χ2v) is 10.1. The van der Waals surface area contributed by atoms with Gasteiger partial charge in [-0.05, 0) is 18.9 Å². The van der Waals surface area contributed by atoms with Crippen LogP contribution in [0.25, 0.3) is 0 Å². The van der Waals surface area contributed by atoms with Gasteiger partial charge in [-0.2, -0.15) is 0 Å². The van der Waals surface area contributed by atoms with Crippen molar-refractivity contribution in [1.29, 1.82) is 0 Å². The molecule has 3 heteroatoms. The van der Waals surface area contributed by atoms with Crippen LogP contribution in [0.2, 0.25) is 0 Å². The second kappa shape index (κ2) is 20.5. The number of hydrogen-bond donors (Lipinski definition) is 1. The van der Waals surface area contributed by atoms with Gasteiger partial charge in [0.25, 0.3) is 0 Å². The Balaban J connectivity index is 2.02. The average Bonchev–Trinajstić information content (AvgIpc) is 2.84. The van der Waals surface area contributed by atoms with E-state index < -0.39 is 0 Å². The number of rotatable bonds is 23. The van der Waals surface area contributed by atoms with Crippen LogP contribution in [-0.2, 0) is 16.1 Å². The standard InChI is InChI=1S/C30H55NO2/c1-4-5-6-7-8-9-10-11-12-13-14-15-16-17-18-22-25-30(2,32-3)29(26-31)33-27-28-23-20-19-21-24-28/h19-21,23-24,29H,4-18,22,25-27,31H2,1-3H3. The minimum Gasteiger partial charge on any atom is -0.376 e. The van der Waals surface area contributed by atoms with E-state index in [1.54, 1.807) is 7.11 Å². The van der Waals surface area contributed by atoms with Gasteiger partial charge in [-0.1, -0.05) is 140 Å². The average molecular weight is 462 g/mol. The van der Waals surface area contributed by atoms with Crippen LogP contribution < -0.4 is 5.73 Å². The number of benzene rings is 1. The zero-order valence-corrected chi connectivity index (χ0v) is 22.3. The van der Waals surface area contributed by atoms with Crippen molar-refractivity contribution in [3.63, 3.8) is 0 Å². The Bertz CT molecular complexity index is 535. The lowest BCUT2D eigenvalue weighted by molar-refractivity contribution is -0.125. The van der Waals surface area contributed by atoms with Gasteiger partial charge in [-0.3, -0.25) is 0 Å². The summed E-state index contributed by atoms with van der Waals surface area (Å²) >= 11 is 0. The molecular weight excluding hydrogens is 406 g/mol. The molecule has 0 bridgehead atoms. The van der Waals surface area contributed by atoms with Crippen molar-refractivity contribution >= 4 is 0 Å². The van der Waals surface area contributed by atoms with Crippen molar-refractivity contribution in [3.8, 4) is 0 Å². The molecule has 0 spiro atoms. The van der Waals surface area contributed by atoms with Gasteiger partial charge in [0.2, 0.25) is 0 Å². The molecule has 0 aliphatic heterocycles. The number of hydrogen-bond acceptors (Lipinski definition) is 3. The lowest BCUT2D eigenvalue weighted by Gasteiger charge is -2.36. The van der Waals surface area contributed by atoms with Gasteiger partial charge in [0.05, 0.1) is 18.3 Å². The fourth-order valence-electron chi connectivity index (χ4n) is 4.68. The Morgan fingerprint density at radius 1 is 0.727 bits per heavy atom. The molecule has 0 aromatic heterocycles. The van der Waals surface area contributed by atoms with Crippen molar-refractivity contribution in [2.75, 3.05) is 13.7 Å². The van der Waals surface area contributed by atoms with Crippen LogP contribution in [0, 0.1) is 0 Å². The minimum atomic E-state index is -0.320. The normalized spacial score (nSPS) is 14.3. The van der Waals surface area contributed by atoms with E-state index in [1.165, 1.54) is 108 Å². The first-order valence-corrected chi connectivity index (χ1v) is 14.1. The van der Waals surface area contributed by atoms with Gasteiger partial charge < -0.3 is 15.2 Å². The molecule has 192 valence electrons. The molecule has 1 aromatic rings. The highest BCUT2D eigenvalue weighted by atomic mass is 16.5. The predicted molar refractivity (Wildman–Crippen MR) is 144 cm³/mol. The predicted octanol–water partition coefficient (Wildman–Crippen LogP) is 8.59. The van der Waals surface area contributed by atoms with E-state index in [0.29, 0.717) is 13.2 Å². The highest BCUT2D eigenvalue weighted by molar-refractivity contribution is 5.13. The number of nitrogens with two attached hydrogens (primary N) is 1. The molecule has 33 heavy (non-hydrogen) atoms. The highest BCUT2D eigenvalue weighted by Gasteiger charge is 2.33. The maximum atomic E-state index is 6.16. The van der Waals surface area contributed by atoms with Gasteiger partial charge in [-0.25, -0.2) is 0 Å². The number of ether oxygens (including phenoxy) is 2. The summed E-state index contributed by atoms with van der Waals surface area (Å²) < 4.78 is 12.1. The van der Waals surface area contributed by atoms with E-state index in [2.05, 4.69) is 26.0 Å². The third-order valence-corrected chi connectivity index (χ3v) is 7.18. The third kappa shape index (κ3) is 14.9. The summed E-state index contributed by atoms with van der Waals surface area (Å²) in [5, 5.41) is 0. The summed E-state index contributed by atoms with van der Waals surface area (Å²) in [6.07, 6.45) is 23.2. The Labute approximate surface area is 206 Å². The largest absolute Gasteiger partial charge is 0.376 e. The summed E-state index contributed by atoms with van der Waals surface area (Å²) in [6.45, 7) is 5.51. The van der Waals surface area contributed by atoms with Crippen molar-refractivity contribution in [1.82, 2.24) is 0 Å². The van der Waals surface area contributed by atoms with Crippen LogP contribution in [0.15, 0.2) is 30.3 Å². The second-order valence-electron chi connectivity index (χ2n) is 10.1. The van der Waals surface area contributed by atoms with E-state index >= 15 is 0 Å². The van der Waals surface area contributed by atoms with Crippen LogP contribution >= 0.6 is 0 Å². The lowest BCUT2D eigenvalue weighted by Crippen LogP contribution is -2.47. The van der Waals surface area contributed by atoms with Gasteiger partial charge in [0.15, 0.2) is 0 Å². The zero-order valence-electron chi connectivity index (χ0n) is 22.3. The van der Waals surface area contributed by atoms with Crippen molar-refractivity contribution in [2.24, 2.45) is 5.73 Å². The minimum absolute atomic E-state index is 0.0842. The van der Waals surface area contributed by atoms with E-state index in [-0.39, 0.29) is 11.7 Å². The Kier molecular flexibility index (Phi) is 18.7. The molecule has 2 atom stereocenters. The van der Waals surface area contributed by atoms with Crippen molar-refractivity contribution < 1.29 is 9.47 Å². The third-order valence-electron chi connectivity index (χ3n) is 7.18. The van der Waals surface area contributed by atoms with Gasteiger partial charge >= 0.3 is 0 Å². The zero-order chi connectivity index (χ0) is 24.0. The molecule has 2 unspecified atom stereocenters. The quantitative estimate of drug-likeness (QED) is 0.166. The molecule has 1 rings (SSSR count). The molecular formula is C30H55NO2. The molecule has 1 aromatic carbocycles. The summed E-state index contributed by atoms with van der Waals surface area (Å²) in [5.41, 5.74) is 6.91. The van der Waals surface area contributed by atoms with E-state index in [0.717, 1.165) is 6.42 Å². The van der Waals surface area contributed by atoms with Crippen LogP contribution in [0.4, 0.5) is 0 Å². The maximum Gasteiger partial charge on any atom is 0.0988 e. The summed E-state index contributed by atoms with van der Waals surface area (Å²) in [6, 6.07) is 10.3. The monoisotopic (exact) mass is 461 g/mol. The van der Waals surface area contributed by atoms with Gasteiger partial charge in [0.1, 0.15) is 0 Å². The first-order chi connectivity index (χ1) is 16.2. The first kappa shape index (κ1) is 30.1. The molecule has 2 N–H and O–H groups in total. The van der Waals surface area contributed by atoms with Gasteiger partial charge in [0, 0.05) is 13.7 Å². The number of unbranched alkanes of at least 4 members (excludes halogenated alkanes) is 15. The molecule has 0 fully saturated rings. The first-order valence-electron chi connectivity index (χ1n) is 14.1. The fourth-order valence-corrected chi connectivity index (χ4v) is 4.68. The summed E-state index contributed by atoms with van der Waals surface area (Å²) in [7, 11) is 1.79. The van der Waals surface area contributed by atoms with Gasteiger partial charge in [-0.15, -0.1) is 0 Å². The maximum absolute atomic E-state index is 6.16. The van der Waals surface area contributed by atoms with E-state index in [4.69, 9.17) is 15.2 Å². The molecule has 0 aliphatic rings. The highest BCUT2D eigenvalue weighted by Crippen LogP contribution is 2.26. The summed E-state index contributed by atoms with van der Waals surface area (Å²) in [5.74, 6) is 0. The van der Waals surface area contributed by atoms with Crippen molar-refractivity contribution in [3.05, 3.63) is 35.9 Å². The van der Waals surface area contributed by atoms with E-state index in [1.807, 2.05) is 18.2 Å². The molecule has 3 nitrogen and oxygen atoms in total. The SMILES string of the molecule is CCCCCCCCCCCCCCCCCCC(C)(OC)C(CN)OCc1ccccc1. The van der Waals surface area contributed by atoms with Crippen LogP contribution in [0.3, 0.4) is 0 Å². The molecule has 0 radical (unpaired) electrons. The number of methoxy groups -OCH3 is 1. The molecule has 0 saturated heterocycles. The molecule has 0 amide bonds. The topological polar surface area (TPSA) is 44.5 Å². The summed E-state index contributed by atoms with van der Waals surface area (Å²) in [4.78, 5) is 0. The Hall–Kier alpha value is -0.900. The molecule has 0 heterocycles. The van der Waals surface area contributed by atoms with E-state index in [9.17, 15) is 0 Å². The smallest absolute Gasteiger partial charge is 0.0988 e. The Morgan fingerprint density at radius 2 is 1.18 bits per heavy atom. The van der Waals surface area contributed by atoms with Crippen molar-refractivity contribution in [2.45, 2.75) is 141 Å². The Morgan fingerprint density at radius 3 is 1.61 bits per heavy atom. The van der Waals surface area contributed by atoms with Crippen LogP contribution in [-0.4, -0.2) is 25.4 Å².